The summed E-state index contributed by atoms with van der Waals surface area (Å²) in [5.74, 6) is -1.08. The molecule has 1 fully saturated rings. The van der Waals surface area contributed by atoms with Crippen LogP contribution in [0.2, 0.25) is 0 Å². The summed E-state index contributed by atoms with van der Waals surface area (Å²) in [4.78, 5) is 13.7. The van der Waals surface area contributed by atoms with Crippen LogP contribution < -0.4 is 0 Å². The van der Waals surface area contributed by atoms with Gasteiger partial charge in [0.25, 0.3) is 10.0 Å². The fraction of sp³-hybridized carbons (Fsp3) is 0.688. The van der Waals surface area contributed by atoms with Crippen LogP contribution in [0.1, 0.15) is 39.0 Å². The van der Waals surface area contributed by atoms with E-state index in [1.807, 2.05) is 0 Å². The van der Waals surface area contributed by atoms with Crippen molar-refractivity contribution in [3.8, 4) is 0 Å². The zero-order chi connectivity index (χ0) is 17.6. The fourth-order valence-corrected chi connectivity index (χ4v) is 5.66. The molecule has 0 aromatic carbocycles. The van der Waals surface area contributed by atoms with Gasteiger partial charge in [-0.15, -0.1) is 11.3 Å². The van der Waals surface area contributed by atoms with Crippen molar-refractivity contribution in [2.45, 2.75) is 49.3 Å². The normalized spacial score (nSPS) is 20.3. The lowest BCUT2D eigenvalue weighted by Crippen LogP contribution is -2.58. The molecule has 1 N–H and O–H groups in total. The Bertz CT molecular complexity index is 616. The quantitative estimate of drug-likeness (QED) is 0.672. The van der Waals surface area contributed by atoms with Crippen LogP contribution in [0.4, 0.5) is 0 Å². The molecule has 1 aliphatic rings. The highest BCUT2D eigenvalue weighted by atomic mass is 32.2. The van der Waals surface area contributed by atoms with Crippen LogP contribution in [-0.4, -0.2) is 60.9 Å². The molecule has 0 radical (unpaired) electrons. The maximum absolute atomic E-state index is 12.7. The van der Waals surface area contributed by atoms with E-state index in [-0.39, 0.29) is 17.3 Å². The second-order valence-electron chi connectivity index (χ2n) is 6.12. The SMILES string of the molecule is CCCCCCCN1CCN(S(=O)(=O)c2cccs2)C(C(=O)O)C1. The molecule has 1 aliphatic heterocycles. The average molecular weight is 375 g/mol. The van der Waals surface area contributed by atoms with Crippen LogP contribution in [-0.2, 0) is 14.8 Å². The average Bonchev–Trinajstić information content (AvgIpc) is 3.09. The molecule has 0 amide bonds. The predicted octanol–water partition coefficient (Wildman–Crippen LogP) is 2.48. The lowest BCUT2D eigenvalue weighted by atomic mass is 10.1. The minimum atomic E-state index is -3.72. The molecule has 0 spiro atoms. The minimum Gasteiger partial charge on any atom is -0.480 e. The van der Waals surface area contributed by atoms with Crippen LogP contribution >= 0.6 is 11.3 Å². The Balaban J connectivity index is 1.97. The highest BCUT2D eigenvalue weighted by Crippen LogP contribution is 2.25. The molecule has 24 heavy (non-hydrogen) atoms. The molecule has 1 aromatic rings. The van der Waals surface area contributed by atoms with E-state index in [4.69, 9.17) is 0 Å². The van der Waals surface area contributed by atoms with E-state index in [2.05, 4.69) is 11.8 Å². The number of carboxylic acid groups (broad SMARTS) is 1. The second kappa shape index (κ2) is 8.94. The van der Waals surface area contributed by atoms with Gasteiger partial charge in [0.2, 0.25) is 0 Å². The summed E-state index contributed by atoms with van der Waals surface area (Å²) in [6, 6.07) is 2.18. The first-order valence-electron chi connectivity index (χ1n) is 8.47. The smallest absolute Gasteiger partial charge is 0.323 e. The third-order valence-electron chi connectivity index (χ3n) is 4.34. The van der Waals surface area contributed by atoms with E-state index in [1.165, 1.54) is 25.3 Å². The van der Waals surface area contributed by atoms with Crippen LogP contribution in [0.3, 0.4) is 0 Å². The van der Waals surface area contributed by atoms with Gasteiger partial charge >= 0.3 is 5.97 Å². The highest BCUT2D eigenvalue weighted by molar-refractivity contribution is 7.91. The first-order chi connectivity index (χ1) is 11.5. The standard InChI is InChI=1S/C16H26N2O4S2/c1-2-3-4-5-6-9-17-10-11-18(14(13-17)16(19)20)24(21,22)15-8-7-12-23-15/h7-8,12,14H,2-6,9-11,13H2,1H3,(H,19,20). The van der Waals surface area contributed by atoms with Gasteiger partial charge in [-0.2, -0.15) is 4.31 Å². The number of aliphatic carboxylic acids is 1. The molecule has 0 bridgehead atoms. The monoisotopic (exact) mass is 374 g/mol. The van der Waals surface area contributed by atoms with Gasteiger partial charge in [-0.05, 0) is 24.4 Å². The number of piperazine rings is 1. The number of rotatable bonds is 9. The molecule has 6 nitrogen and oxygen atoms in total. The second-order valence-corrected chi connectivity index (χ2v) is 9.18. The summed E-state index contributed by atoms with van der Waals surface area (Å²) in [6.45, 7) is 4.08. The molecule has 2 heterocycles. The van der Waals surface area contributed by atoms with Gasteiger partial charge in [0, 0.05) is 19.6 Å². The number of carboxylic acids is 1. The Kier molecular flexibility index (Phi) is 7.21. The van der Waals surface area contributed by atoms with Crippen LogP contribution in [0.25, 0.3) is 0 Å². The summed E-state index contributed by atoms with van der Waals surface area (Å²) in [5, 5.41) is 11.2. The van der Waals surface area contributed by atoms with Gasteiger partial charge in [-0.1, -0.05) is 38.7 Å². The van der Waals surface area contributed by atoms with E-state index in [0.29, 0.717) is 6.54 Å². The number of hydrogen-bond acceptors (Lipinski definition) is 5. The number of nitrogens with zero attached hydrogens (tertiary/aromatic N) is 2. The van der Waals surface area contributed by atoms with E-state index >= 15 is 0 Å². The first-order valence-corrected chi connectivity index (χ1v) is 10.8. The van der Waals surface area contributed by atoms with Crippen molar-refractivity contribution < 1.29 is 18.3 Å². The summed E-state index contributed by atoms with van der Waals surface area (Å²) < 4.78 is 26.7. The Morgan fingerprint density at radius 2 is 2.04 bits per heavy atom. The van der Waals surface area contributed by atoms with Gasteiger partial charge < -0.3 is 5.11 Å². The van der Waals surface area contributed by atoms with Crippen molar-refractivity contribution in [2.24, 2.45) is 0 Å². The number of carbonyl (C=O) groups is 1. The lowest BCUT2D eigenvalue weighted by Gasteiger charge is -2.38. The Morgan fingerprint density at radius 3 is 2.67 bits per heavy atom. The third kappa shape index (κ3) is 4.78. The summed E-state index contributed by atoms with van der Waals surface area (Å²) >= 11 is 1.12. The van der Waals surface area contributed by atoms with Crippen LogP contribution in [0, 0.1) is 0 Å². The minimum absolute atomic E-state index is 0.210. The van der Waals surface area contributed by atoms with Gasteiger partial charge in [0.15, 0.2) is 0 Å². The van der Waals surface area contributed by atoms with Gasteiger partial charge in [-0.3, -0.25) is 9.69 Å². The zero-order valence-corrected chi connectivity index (χ0v) is 15.7. The van der Waals surface area contributed by atoms with Crippen molar-refractivity contribution in [1.29, 1.82) is 0 Å². The molecule has 1 aromatic heterocycles. The number of unbranched alkanes of at least 4 members (excludes halogenated alkanes) is 4. The summed E-state index contributed by atoms with van der Waals surface area (Å²) in [7, 11) is -3.72. The molecule has 1 saturated heterocycles. The Labute approximate surface area is 148 Å². The number of hydrogen-bond donors (Lipinski definition) is 1. The van der Waals surface area contributed by atoms with E-state index in [1.54, 1.807) is 11.4 Å². The van der Waals surface area contributed by atoms with Gasteiger partial charge in [0.05, 0.1) is 0 Å². The van der Waals surface area contributed by atoms with E-state index in [0.717, 1.165) is 35.0 Å². The van der Waals surface area contributed by atoms with E-state index < -0.39 is 22.0 Å². The predicted molar refractivity (Wildman–Crippen MR) is 94.8 cm³/mol. The molecule has 0 saturated carbocycles. The van der Waals surface area contributed by atoms with Crippen molar-refractivity contribution in [3.63, 3.8) is 0 Å². The molecule has 1 unspecified atom stereocenters. The Hall–Kier alpha value is -0.960. The van der Waals surface area contributed by atoms with Gasteiger partial charge in [-0.25, -0.2) is 8.42 Å². The molecule has 1 atom stereocenters. The third-order valence-corrected chi connectivity index (χ3v) is 7.62. The fourth-order valence-electron chi connectivity index (χ4n) is 2.98. The maximum atomic E-state index is 12.7. The van der Waals surface area contributed by atoms with Crippen molar-refractivity contribution in [2.75, 3.05) is 26.2 Å². The molecule has 0 aliphatic carbocycles. The maximum Gasteiger partial charge on any atom is 0.323 e. The topological polar surface area (TPSA) is 77.9 Å². The molecule has 2 rings (SSSR count). The summed E-state index contributed by atoms with van der Waals surface area (Å²) in [6.07, 6.45) is 5.79. The van der Waals surface area contributed by atoms with Crippen molar-refractivity contribution >= 4 is 27.3 Å². The molecule has 136 valence electrons. The number of thiophene rings is 1. The van der Waals surface area contributed by atoms with Crippen LogP contribution in [0.5, 0.6) is 0 Å². The van der Waals surface area contributed by atoms with Crippen LogP contribution in [0.15, 0.2) is 21.7 Å². The van der Waals surface area contributed by atoms with Crippen molar-refractivity contribution in [1.82, 2.24) is 9.21 Å². The number of sulfonamides is 1. The highest BCUT2D eigenvalue weighted by Gasteiger charge is 2.40. The van der Waals surface area contributed by atoms with Gasteiger partial charge in [0.1, 0.15) is 10.3 Å². The van der Waals surface area contributed by atoms with E-state index in [9.17, 15) is 18.3 Å². The molecular weight excluding hydrogens is 348 g/mol. The largest absolute Gasteiger partial charge is 0.480 e. The molecular formula is C16H26N2O4S2. The Morgan fingerprint density at radius 1 is 1.29 bits per heavy atom. The van der Waals surface area contributed by atoms with Crippen molar-refractivity contribution in [3.05, 3.63) is 17.5 Å². The lowest BCUT2D eigenvalue weighted by molar-refractivity contribution is -0.143. The first kappa shape index (κ1) is 19.4. The zero-order valence-electron chi connectivity index (χ0n) is 14.1. The summed E-state index contributed by atoms with van der Waals surface area (Å²) in [5.41, 5.74) is 0. The molecule has 8 heteroatoms.